The summed E-state index contributed by atoms with van der Waals surface area (Å²) in [6.45, 7) is 4.35. The van der Waals surface area contributed by atoms with Crippen molar-refractivity contribution in [2.75, 3.05) is 0 Å². The summed E-state index contributed by atoms with van der Waals surface area (Å²) in [7, 11) is 0. The first-order valence-corrected chi connectivity index (χ1v) is 9.60. The van der Waals surface area contributed by atoms with Crippen molar-refractivity contribution >= 4 is 0 Å². The van der Waals surface area contributed by atoms with E-state index in [-0.39, 0.29) is 22.6 Å². The molecule has 2 aromatic heterocycles. The van der Waals surface area contributed by atoms with Gasteiger partial charge in [0.2, 0.25) is 0 Å². The van der Waals surface area contributed by atoms with Gasteiger partial charge in [0, 0.05) is 0 Å². The molecule has 2 atom stereocenters. The molecular weight excluding hydrogens is 370 g/mol. The van der Waals surface area contributed by atoms with Crippen LogP contribution in [0.4, 0.5) is 8.78 Å². The average Bonchev–Trinajstić information content (AvgIpc) is 3.09. The highest BCUT2D eigenvalue weighted by atomic mass is 19.1. The summed E-state index contributed by atoms with van der Waals surface area (Å²) in [5.74, 6) is -1.13. The van der Waals surface area contributed by atoms with E-state index in [1.54, 1.807) is 12.1 Å². The molecule has 0 radical (unpaired) electrons. The largest absolute Gasteiger partial charge is 0.241 e. The summed E-state index contributed by atoms with van der Waals surface area (Å²) in [5.41, 5.74) is 2.32. The number of hydrogen-bond acceptors (Lipinski definition) is 4. The standard InChI is InChI=1S/C23H18F2N4/c1-22(2)15-9-10-23(22,19-8-3-5-13(12-26)27-19)21-14(15)11-18(28-29-21)20-16(24)6-4-7-17(20)25/h3-8,11,15H,9-10H2,1-2H3/t15-,23-/m0/s1. The highest BCUT2D eigenvalue weighted by Crippen LogP contribution is 2.69. The van der Waals surface area contributed by atoms with Crippen molar-refractivity contribution in [2.24, 2.45) is 5.41 Å². The van der Waals surface area contributed by atoms with Gasteiger partial charge in [-0.15, -0.1) is 5.10 Å². The second-order valence-electron chi connectivity index (χ2n) is 8.37. The maximum absolute atomic E-state index is 14.3. The van der Waals surface area contributed by atoms with Crippen LogP contribution in [0.5, 0.6) is 0 Å². The molecule has 0 N–H and O–H groups in total. The van der Waals surface area contributed by atoms with Gasteiger partial charge in [0.1, 0.15) is 23.4 Å². The van der Waals surface area contributed by atoms with Crippen LogP contribution in [0.25, 0.3) is 11.3 Å². The van der Waals surface area contributed by atoms with E-state index in [0.717, 1.165) is 29.8 Å². The Bertz CT molecular complexity index is 1180. The monoisotopic (exact) mass is 388 g/mol. The molecule has 1 fully saturated rings. The van der Waals surface area contributed by atoms with Crippen LogP contribution in [0.3, 0.4) is 0 Å². The van der Waals surface area contributed by atoms with Crippen LogP contribution in [0, 0.1) is 28.4 Å². The predicted molar refractivity (Wildman–Crippen MR) is 103 cm³/mol. The number of hydrogen-bond donors (Lipinski definition) is 0. The first kappa shape index (κ1) is 17.9. The average molecular weight is 388 g/mol. The smallest absolute Gasteiger partial charge is 0.140 e. The molecule has 2 bridgehead atoms. The molecule has 2 heterocycles. The third kappa shape index (κ3) is 2.19. The Morgan fingerprint density at radius 2 is 1.79 bits per heavy atom. The summed E-state index contributed by atoms with van der Waals surface area (Å²) < 4.78 is 28.6. The van der Waals surface area contributed by atoms with Crippen molar-refractivity contribution in [3.8, 4) is 17.3 Å². The van der Waals surface area contributed by atoms with Crippen LogP contribution in [-0.2, 0) is 5.41 Å². The van der Waals surface area contributed by atoms with E-state index >= 15 is 0 Å². The second kappa shape index (κ2) is 5.90. The maximum Gasteiger partial charge on any atom is 0.140 e. The minimum absolute atomic E-state index is 0.151. The molecule has 0 unspecified atom stereocenters. The SMILES string of the molecule is CC1(C)[C@H]2CC[C@]1(c1cccc(C#N)n1)c1nnc(-c3c(F)cccc3F)cc12. The van der Waals surface area contributed by atoms with E-state index < -0.39 is 17.0 Å². The van der Waals surface area contributed by atoms with Gasteiger partial charge in [0.05, 0.1) is 28.1 Å². The Morgan fingerprint density at radius 3 is 2.52 bits per heavy atom. The number of benzene rings is 1. The maximum atomic E-state index is 14.3. The zero-order chi connectivity index (χ0) is 20.4. The van der Waals surface area contributed by atoms with E-state index in [4.69, 9.17) is 0 Å². The van der Waals surface area contributed by atoms with Crippen LogP contribution >= 0.6 is 0 Å². The fourth-order valence-electron chi connectivity index (χ4n) is 5.49. The lowest BCUT2D eigenvalue weighted by Gasteiger charge is -2.37. The molecule has 144 valence electrons. The molecule has 2 aliphatic rings. The van der Waals surface area contributed by atoms with E-state index in [9.17, 15) is 14.0 Å². The summed E-state index contributed by atoms with van der Waals surface area (Å²) in [6, 6.07) is 13.1. The minimum Gasteiger partial charge on any atom is -0.241 e. The predicted octanol–water partition coefficient (Wildman–Crippen LogP) is 4.89. The molecule has 1 saturated carbocycles. The number of aromatic nitrogens is 3. The number of halogens is 2. The van der Waals surface area contributed by atoms with E-state index in [0.29, 0.717) is 5.69 Å². The Kier molecular flexibility index (Phi) is 3.63. The fraction of sp³-hybridized carbons (Fsp3) is 0.304. The van der Waals surface area contributed by atoms with Crippen molar-refractivity contribution in [3.63, 3.8) is 0 Å². The lowest BCUT2D eigenvalue weighted by Crippen LogP contribution is -2.37. The van der Waals surface area contributed by atoms with Gasteiger partial charge >= 0.3 is 0 Å². The molecule has 0 amide bonds. The Labute approximate surface area is 167 Å². The van der Waals surface area contributed by atoms with Crippen molar-refractivity contribution in [1.82, 2.24) is 15.2 Å². The number of fused-ring (bicyclic) bond motifs is 5. The van der Waals surface area contributed by atoms with E-state index in [1.165, 1.54) is 18.2 Å². The summed E-state index contributed by atoms with van der Waals surface area (Å²) in [6.07, 6.45) is 1.77. The van der Waals surface area contributed by atoms with E-state index in [1.807, 2.05) is 12.1 Å². The molecular formula is C23H18F2N4. The van der Waals surface area contributed by atoms with Gasteiger partial charge in [0.15, 0.2) is 0 Å². The third-order valence-corrected chi connectivity index (χ3v) is 6.90. The molecule has 4 nitrogen and oxygen atoms in total. The van der Waals surface area contributed by atoms with Crippen LogP contribution in [0.15, 0.2) is 42.5 Å². The molecule has 0 saturated heterocycles. The summed E-state index contributed by atoms with van der Waals surface area (Å²) in [4.78, 5) is 4.60. The van der Waals surface area contributed by atoms with Crippen LogP contribution < -0.4 is 0 Å². The molecule has 2 aliphatic carbocycles. The molecule has 6 heteroatoms. The topological polar surface area (TPSA) is 62.5 Å². The van der Waals surface area contributed by atoms with Crippen LogP contribution in [0.2, 0.25) is 0 Å². The molecule has 0 spiro atoms. The lowest BCUT2D eigenvalue weighted by molar-refractivity contribution is 0.243. The minimum atomic E-state index is -0.653. The van der Waals surface area contributed by atoms with Gasteiger partial charge < -0.3 is 0 Å². The number of nitriles is 1. The molecule has 5 rings (SSSR count). The van der Waals surface area contributed by atoms with Crippen molar-refractivity contribution in [3.05, 3.63) is 76.7 Å². The van der Waals surface area contributed by atoms with Crippen LogP contribution in [0.1, 0.15) is 55.3 Å². The Hall–Kier alpha value is -3.20. The van der Waals surface area contributed by atoms with Crippen LogP contribution in [-0.4, -0.2) is 15.2 Å². The fourth-order valence-corrected chi connectivity index (χ4v) is 5.49. The van der Waals surface area contributed by atoms with Crippen molar-refractivity contribution in [1.29, 1.82) is 5.26 Å². The molecule has 29 heavy (non-hydrogen) atoms. The zero-order valence-corrected chi connectivity index (χ0v) is 16.1. The number of rotatable bonds is 2. The number of nitrogens with zero attached hydrogens (tertiary/aromatic N) is 4. The zero-order valence-electron chi connectivity index (χ0n) is 16.1. The van der Waals surface area contributed by atoms with Gasteiger partial charge in [-0.25, -0.2) is 13.8 Å². The van der Waals surface area contributed by atoms with Gasteiger partial charge in [-0.3, -0.25) is 0 Å². The van der Waals surface area contributed by atoms with Gasteiger partial charge in [0.25, 0.3) is 0 Å². The quantitative estimate of drug-likeness (QED) is 0.627. The number of pyridine rings is 1. The Morgan fingerprint density at radius 1 is 1.07 bits per heavy atom. The van der Waals surface area contributed by atoms with Gasteiger partial charge in [-0.1, -0.05) is 26.0 Å². The normalized spacial score (nSPS) is 23.6. The first-order valence-electron chi connectivity index (χ1n) is 9.60. The third-order valence-electron chi connectivity index (χ3n) is 6.90. The van der Waals surface area contributed by atoms with E-state index in [2.05, 4.69) is 35.1 Å². The second-order valence-corrected chi connectivity index (χ2v) is 8.37. The van der Waals surface area contributed by atoms with Gasteiger partial charge in [-0.2, -0.15) is 10.4 Å². The van der Waals surface area contributed by atoms with Crippen molar-refractivity contribution in [2.45, 2.75) is 38.0 Å². The highest BCUT2D eigenvalue weighted by molar-refractivity contribution is 5.64. The summed E-state index contributed by atoms with van der Waals surface area (Å²) in [5, 5.41) is 18.0. The molecule has 1 aromatic carbocycles. The molecule has 3 aromatic rings. The summed E-state index contributed by atoms with van der Waals surface area (Å²) >= 11 is 0. The van der Waals surface area contributed by atoms with Gasteiger partial charge in [-0.05, 0) is 60.1 Å². The highest BCUT2D eigenvalue weighted by Gasteiger charge is 2.65. The Balaban J connectivity index is 1.74. The lowest BCUT2D eigenvalue weighted by atomic mass is 9.66. The first-order chi connectivity index (χ1) is 13.9. The molecule has 0 aliphatic heterocycles. The van der Waals surface area contributed by atoms with Crippen molar-refractivity contribution < 1.29 is 8.78 Å².